The molecule has 136 valence electrons. The number of pyridine rings is 1. The highest BCUT2D eigenvalue weighted by molar-refractivity contribution is 7.80. The van der Waals surface area contributed by atoms with Gasteiger partial charge in [0, 0.05) is 28.9 Å². The van der Waals surface area contributed by atoms with Gasteiger partial charge in [-0.1, -0.05) is 6.07 Å². The summed E-state index contributed by atoms with van der Waals surface area (Å²) in [5.74, 6) is -0.451. The lowest BCUT2D eigenvalue weighted by molar-refractivity contribution is 0.0595. The van der Waals surface area contributed by atoms with Crippen LogP contribution in [0.2, 0.25) is 0 Å². The summed E-state index contributed by atoms with van der Waals surface area (Å²) in [6.45, 7) is 2.44. The number of anilines is 2. The molecule has 3 N–H and O–H groups in total. The number of hydrogen-bond acceptors (Lipinski definition) is 6. The van der Waals surface area contributed by atoms with Crippen LogP contribution in [0, 0.1) is 6.92 Å². The van der Waals surface area contributed by atoms with Crippen molar-refractivity contribution in [1.29, 1.82) is 0 Å². The van der Waals surface area contributed by atoms with E-state index in [9.17, 15) is 13.6 Å². The summed E-state index contributed by atoms with van der Waals surface area (Å²) in [7, 11) is 1.32. The number of rotatable bonds is 6. The standard InChI is InChI=1S/C17H18N4O4S/c1-10-3-4-13(21-26(23)24)6-12(10)8-18-14-5-11-7-15(17(22)25-2)20-16(11)19-9-14/h3-7,9,18,21H,8H2,1-2H3,(H,19,20)(H,23,24)/p-1. The molecule has 1 unspecified atom stereocenters. The molecule has 0 spiro atoms. The second kappa shape index (κ2) is 7.54. The lowest BCUT2D eigenvalue weighted by atomic mass is 10.1. The summed E-state index contributed by atoms with van der Waals surface area (Å²) in [6.07, 6.45) is 1.66. The van der Waals surface area contributed by atoms with E-state index in [4.69, 9.17) is 0 Å². The summed E-state index contributed by atoms with van der Waals surface area (Å²) in [4.78, 5) is 18.8. The number of ether oxygens (including phenoxy) is 1. The molecule has 0 amide bonds. The van der Waals surface area contributed by atoms with Gasteiger partial charge in [-0.2, -0.15) is 0 Å². The first-order chi connectivity index (χ1) is 12.5. The number of methoxy groups -OCH3 is 1. The molecule has 1 atom stereocenters. The van der Waals surface area contributed by atoms with Crippen molar-refractivity contribution >= 4 is 39.6 Å². The molecule has 0 radical (unpaired) electrons. The number of hydrogen-bond donors (Lipinski definition) is 3. The Morgan fingerprint density at radius 3 is 2.85 bits per heavy atom. The van der Waals surface area contributed by atoms with Gasteiger partial charge in [-0.25, -0.2) is 9.78 Å². The third-order valence-corrected chi connectivity index (χ3v) is 4.31. The summed E-state index contributed by atoms with van der Waals surface area (Å²) < 4.78 is 28.6. The molecular weight excluding hydrogens is 356 g/mol. The zero-order chi connectivity index (χ0) is 18.7. The highest BCUT2D eigenvalue weighted by Gasteiger charge is 2.10. The number of benzene rings is 1. The molecule has 3 rings (SSSR count). The average molecular weight is 373 g/mol. The molecule has 0 aliphatic heterocycles. The Labute approximate surface area is 152 Å². The normalized spacial score (nSPS) is 12.0. The van der Waals surface area contributed by atoms with E-state index in [0.717, 1.165) is 22.2 Å². The average Bonchev–Trinajstić information content (AvgIpc) is 3.04. The van der Waals surface area contributed by atoms with Gasteiger partial charge < -0.3 is 24.3 Å². The first-order valence-corrected chi connectivity index (χ1v) is 8.80. The third-order valence-electron chi connectivity index (χ3n) is 3.91. The fourth-order valence-corrected chi connectivity index (χ4v) is 2.87. The largest absolute Gasteiger partial charge is 0.755 e. The lowest BCUT2D eigenvalue weighted by Crippen LogP contribution is -2.05. The monoisotopic (exact) mass is 373 g/mol. The molecule has 2 aromatic heterocycles. The zero-order valence-electron chi connectivity index (χ0n) is 14.2. The fraction of sp³-hybridized carbons (Fsp3) is 0.176. The van der Waals surface area contributed by atoms with Crippen molar-refractivity contribution in [2.24, 2.45) is 0 Å². The minimum atomic E-state index is -2.36. The molecule has 2 heterocycles. The number of fused-ring (bicyclic) bond motifs is 1. The predicted molar refractivity (Wildman–Crippen MR) is 98.5 cm³/mol. The van der Waals surface area contributed by atoms with Gasteiger partial charge in [0.1, 0.15) is 11.3 Å². The van der Waals surface area contributed by atoms with Crippen molar-refractivity contribution < 1.29 is 18.3 Å². The van der Waals surface area contributed by atoms with E-state index in [1.165, 1.54) is 7.11 Å². The number of aromatic amines is 1. The van der Waals surface area contributed by atoms with Crippen LogP contribution >= 0.6 is 0 Å². The minimum Gasteiger partial charge on any atom is -0.755 e. The molecule has 3 aromatic rings. The number of esters is 1. The van der Waals surface area contributed by atoms with Gasteiger partial charge in [0.15, 0.2) is 0 Å². The second-order valence-electron chi connectivity index (χ2n) is 5.67. The molecule has 9 heteroatoms. The smallest absolute Gasteiger partial charge is 0.354 e. The van der Waals surface area contributed by atoms with Crippen LogP contribution in [0.3, 0.4) is 0 Å². The summed E-state index contributed by atoms with van der Waals surface area (Å²) in [5, 5.41) is 4.03. The number of aromatic nitrogens is 2. The van der Waals surface area contributed by atoms with Crippen molar-refractivity contribution in [3.8, 4) is 0 Å². The van der Waals surface area contributed by atoms with E-state index in [2.05, 4.69) is 24.7 Å². The Morgan fingerprint density at radius 2 is 2.12 bits per heavy atom. The van der Waals surface area contributed by atoms with E-state index >= 15 is 0 Å². The van der Waals surface area contributed by atoms with Crippen LogP contribution in [0.25, 0.3) is 11.0 Å². The van der Waals surface area contributed by atoms with Crippen LogP contribution in [0.5, 0.6) is 0 Å². The number of nitrogens with one attached hydrogen (secondary N) is 3. The molecule has 1 aromatic carbocycles. The Hall–Kier alpha value is -2.91. The number of carbonyl (C=O) groups is 1. The van der Waals surface area contributed by atoms with Gasteiger partial charge >= 0.3 is 5.97 Å². The molecule has 8 nitrogen and oxygen atoms in total. The molecule has 0 fully saturated rings. The fourth-order valence-electron chi connectivity index (χ4n) is 2.55. The SMILES string of the molecule is COC(=O)c1cc2cc(NCc3cc(NS(=O)[O-])ccc3C)cnc2[nH]1. The van der Waals surface area contributed by atoms with E-state index < -0.39 is 17.2 Å². The van der Waals surface area contributed by atoms with E-state index in [1.54, 1.807) is 24.4 Å². The number of H-pyrrole nitrogens is 1. The van der Waals surface area contributed by atoms with Crippen LogP contribution in [0.1, 0.15) is 21.6 Å². The first kappa shape index (κ1) is 17.9. The van der Waals surface area contributed by atoms with Crippen molar-refractivity contribution in [2.45, 2.75) is 13.5 Å². The Bertz CT molecular complexity index is 986. The number of nitrogens with zero attached hydrogens (tertiary/aromatic N) is 1. The lowest BCUT2D eigenvalue weighted by Gasteiger charge is -2.13. The first-order valence-electron chi connectivity index (χ1n) is 7.72. The molecule has 0 saturated carbocycles. The Kier molecular flexibility index (Phi) is 5.19. The second-order valence-corrected chi connectivity index (χ2v) is 6.34. The van der Waals surface area contributed by atoms with Crippen molar-refractivity contribution in [1.82, 2.24) is 9.97 Å². The van der Waals surface area contributed by atoms with Gasteiger partial charge in [-0.05, 0) is 42.3 Å². The molecule has 0 bridgehead atoms. The minimum absolute atomic E-state index is 0.340. The maximum atomic E-state index is 11.6. The van der Waals surface area contributed by atoms with Crippen LogP contribution in [0.4, 0.5) is 11.4 Å². The summed E-state index contributed by atoms with van der Waals surface area (Å²) in [6, 6.07) is 8.88. The van der Waals surface area contributed by atoms with Crippen molar-refractivity contribution in [3.05, 3.63) is 53.3 Å². The van der Waals surface area contributed by atoms with Crippen LogP contribution in [-0.2, 0) is 22.5 Å². The highest BCUT2D eigenvalue weighted by atomic mass is 32.2. The quantitative estimate of drug-likeness (QED) is 0.451. The summed E-state index contributed by atoms with van der Waals surface area (Å²) in [5.41, 5.74) is 4.19. The highest BCUT2D eigenvalue weighted by Crippen LogP contribution is 2.21. The van der Waals surface area contributed by atoms with Gasteiger partial charge in [0.2, 0.25) is 0 Å². The van der Waals surface area contributed by atoms with Gasteiger partial charge in [0.25, 0.3) is 0 Å². The van der Waals surface area contributed by atoms with E-state index in [-0.39, 0.29) is 0 Å². The third kappa shape index (κ3) is 4.01. The summed E-state index contributed by atoms with van der Waals surface area (Å²) >= 11 is -2.36. The molecule has 26 heavy (non-hydrogen) atoms. The number of aryl methyl sites for hydroxylation is 1. The van der Waals surface area contributed by atoms with E-state index in [0.29, 0.717) is 23.6 Å². The molecule has 0 aliphatic carbocycles. The topological polar surface area (TPSA) is 119 Å². The van der Waals surface area contributed by atoms with Crippen molar-refractivity contribution in [2.75, 3.05) is 17.1 Å². The Morgan fingerprint density at radius 1 is 1.31 bits per heavy atom. The van der Waals surface area contributed by atoms with Crippen LogP contribution in [-0.4, -0.2) is 31.8 Å². The Balaban J connectivity index is 1.77. The van der Waals surface area contributed by atoms with Gasteiger partial charge in [-0.15, -0.1) is 0 Å². The zero-order valence-corrected chi connectivity index (χ0v) is 15.0. The molecule has 0 aliphatic rings. The van der Waals surface area contributed by atoms with Gasteiger partial charge in [0.05, 0.1) is 19.0 Å². The van der Waals surface area contributed by atoms with Crippen LogP contribution in [0.15, 0.2) is 36.5 Å². The predicted octanol–water partition coefficient (Wildman–Crippen LogP) is 2.48. The maximum absolute atomic E-state index is 11.6. The molecular formula is C17H17N4O4S-. The maximum Gasteiger partial charge on any atom is 0.354 e. The van der Waals surface area contributed by atoms with E-state index in [1.807, 2.05) is 19.1 Å². The molecule has 0 saturated heterocycles. The van der Waals surface area contributed by atoms with Crippen LogP contribution < -0.4 is 10.0 Å². The van der Waals surface area contributed by atoms with Gasteiger partial charge in [-0.3, -0.25) is 4.21 Å². The number of carbonyl (C=O) groups excluding carboxylic acids is 1. The van der Waals surface area contributed by atoms with Crippen molar-refractivity contribution in [3.63, 3.8) is 0 Å².